The van der Waals surface area contributed by atoms with E-state index in [0.717, 1.165) is 35.0 Å². The summed E-state index contributed by atoms with van der Waals surface area (Å²) in [7, 11) is 4.85. The van der Waals surface area contributed by atoms with Crippen molar-refractivity contribution in [2.24, 2.45) is 0 Å². The lowest BCUT2D eigenvalue weighted by atomic mass is 10.0. The number of aromatic nitrogens is 1. The van der Waals surface area contributed by atoms with E-state index in [1.54, 1.807) is 27.4 Å². The number of benzene rings is 2. The third kappa shape index (κ3) is 3.11. The Balaban J connectivity index is 1.97. The van der Waals surface area contributed by atoms with Gasteiger partial charge in [-0.3, -0.25) is 0 Å². The number of allylic oxidation sites excluding steroid dienone is 1. The lowest BCUT2D eigenvalue weighted by molar-refractivity contribution is 0.324. The van der Waals surface area contributed by atoms with Crippen LogP contribution in [0, 0.1) is 5.82 Å². The Hall–Kier alpha value is -2.95. The molecule has 4 nitrogen and oxygen atoms in total. The third-order valence-electron chi connectivity index (χ3n) is 5.37. The van der Waals surface area contributed by atoms with Crippen molar-refractivity contribution in [3.63, 3.8) is 0 Å². The van der Waals surface area contributed by atoms with Gasteiger partial charge in [0.05, 0.1) is 32.5 Å². The fraction of sp³-hybridized carbons (Fsp3) is 0.304. The van der Waals surface area contributed by atoms with Crippen molar-refractivity contribution in [2.45, 2.75) is 25.7 Å². The second-order valence-corrected chi connectivity index (χ2v) is 6.96. The molecule has 1 fully saturated rings. The van der Waals surface area contributed by atoms with E-state index in [-0.39, 0.29) is 5.82 Å². The number of ether oxygens (including phenoxy) is 3. The van der Waals surface area contributed by atoms with E-state index in [2.05, 4.69) is 4.57 Å². The van der Waals surface area contributed by atoms with Crippen LogP contribution in [0.15, 0.2) is 48.2 Å². The Morgan fingerprint density at radius 3 is 2.18 bits per heavy atom. The zero-order chi connectivity index (χ0) is 19.7. The molecule has 0 saturated heterocycles. The van der Waals surface area contributed by atoms with E-state index in [9.17, 15) is 4.39 Å². The molecule has 1 aliphatic rings. The zero-order valence-corrected chi connectivity index (χ0v) is 16.4. The van der Waals surface area contributed by atoms with E-state index in [0.29, 0.717) is 17.2 Å². The van der Waals surface area contributed by atoms with E-state index >= 15 is 0 Å². The Bertz CT molecular complexity index is 1020. The molecular weight excluding hydrogens is 357 g/mol. The van der Waals surface area contributed by atoms with Gasteiger partial charge in [-0.05, 0) is 67.7 Å². The van der Waals surface area contributed by atoms with Crippen LogP contribution in [0.5, 0.6) is 17.2 Å². The predicted octanol–water partition coefficient (Wildman–Crippen LogP) is 5.64. The van der Waals surface area contributed by atoms with Crippen molar-refractivity contribution >= 4 is 16.6 Å². The summed E-state index contributed by atoms with van der Waals surface area (Å²) in [5.41, 5.74) is 4.47. The number of halogens is 1. The quantitative estimate of drug-likeness (QED) is 0.573. The summed E-state index contributed by atoms with van der Waals surface area (Å²) < 4.78 is 32.4. The van der Waals surface area contributed by atoms with Gasteiger partial charge < -0.3 is 18.8 Å². The molecule has 2 aromatic carbocycles. The van der Waals surface area contributed by atoms with Crippen LogP contribution in [-0.4, -0.2) is 25.9 Å². The second-order valence-electron chi connectivity index (χ2n) is 6.96. The molecule has 28 heavy (non-hydrogen) atoms. The molecule has 0 N–H and O–H groups in total. The van der Waals surface area contributed by atoms with Gasteiger partial charge >= 0.3 is 0 Å². The highest BCUT2D eigenvalue weighted by Gasteiger charge is 2.21. The summed E-state index contributed by atoms with van der Waals surface area (Å²) in [5, 5.41) is 0.878. The van der Waals surface area contributed by atoms with Crippen LogP contribution in [0.2, 0.25) is 0 Å². The van der Waals surface area contributed by atoms with Crippen LogP contribution in [0.4, 0.5) is 4.39 Å². The van der Waals surface area contributed by atoms with Crippen LogP contribution in [0.1, 0.15) is 31.2 Å². The minimum absolute atomic E-state index is 0.229. The lowest BCUT2D eigenvalue weighted by Crippen LogP contribution is -2.03. The summed E-state index contributed by atoms with van der Waals surface area (Å²) in [6, 6.07) is 10.8. The number of methoxy groups -OCH3 is 3. The summed E-state index contributed by atoms with van der Waals surface area (Å²) >= 11 is 0. The maximum absolute atomic E-state index is 13.7. The molecule has 1 heterocycles. The second kappa shape index (κ2) is 7.58. The first kappa shape index (κ1) is 18.4. The normalized spacial score (nSPS) is 13.8. The topological polar surface area (TPSA) is 32.6 Å². The monoisotopic (exact) mass is 381 g/mol. The average molecular weight is 381 g/mol. The average Bonchev–Trinajstić information content (AvgIpc) is 3.38. The number of fused-ring (bicyclic) bond motifs is 1. The van der Waals surface area contributed by atoms with Gasteiger partial charge in [-0.2, -0.15) is 0 Å². The molecule has 0 aliphatic heterocycles. The largest absolute Gasteiger partial charge is 0.493 e. The molecule has 0 spiro atoms. The van der Waals surface area contributed by atoms with Gasteiger partial charge in [0.15, 0.2) is 11.5 Å². The first-order valence-corrected chi connectivity index (χ1v) is 9.45. The molecule has 0 atom stereocenters. The number of rotatable bonds is 5. The molecule has 0 unspecified atom stereocenters. The van der Waals surface area contributed by atoms with Crippen LogP contribution in [0.25, 0.3) is 16.6 Å². The van der Waals surface area contributed by atoms with Gasteiger partial charge in [-0.15, -0.1) is 0 Å². The molecule has 5 heteroatoms. The Labute approximate surface area is 164 Å². The van der Waals surface area contributed by atoms with Crippen LogP contribution in [0.3, 0.4) is 0 Å². The van der Waals surface area contributed by atoms with Gasteiger partial charge in [0.25, 0.3) is 0 Å². The van der Waals surface area contributed by atoms with Crippen molar-refractivity contribution in [2.75, 3.05) is 21.3 Å². The van der Waals surface area contributed by atoms with Crippen LogP contribution in [-0.2, 0) is 0 Å². The fourth-order valence-electron chi connectivity index (χ4n) is 4.08. The van der Waals surface area contributed by atoms with E-state index in [1.165, 1.54) is 24.5 Å². The summed E-state index contributed by atoms with van der Waals surface area (Å²) in [6.45, 7) is 0. The van der Waals surface area contributed by atoms with Gasteiger partial charge in [0, 0.05) is 17.1 Å². The molecule has 1 aliphatic carbocycles. The van der Waals surface area contributed by atoms with E-state index < -0.39 is 0 Å². The first-order chi connectivity index (χ1) is 13.7. The van der Waals surface area contributed by atoms with Gasteiger partial charge in [0.1, 0.15) is 5.82 Å². The fourth-order valence-corrected chi connectivity index (χ4v) is 4.08. The smallest absolute Gasteiger partial charge is 0.203 e. The highest BCUT2D eigenvalue weighted by atomic mass is 19.1. The minimum atomic E-state index is -0.229. The number of nitrogens with zero attached hydrogens (tertiary/aromatic N) is 1. The van der Waals surface area contributed by atoms with Crippen LogP contribution >= 0.6 is 0 Å². The SMILES string of the molecule is COc1cc(C(=C2CCCC2)n2ccc3cc(F)ccc32)cc(OC)c1OC. The highest BCUT2D eigenvalue weighted by Crippen LogP contribution is 2.43. The molecule has 0 bridgehead atoms. The van der Waals surface area contributed by atoms with Gasteiger partial charge in [-0.25, -0.2) is 4.39 Å². The molecule has 0 amide bonds. The molecule has 1 aromatic heterocycles. The maximum Gasteiger partial charge on any atom is 0.203 e. The summed E-state index contributed by atoms with van der Waals surface area (Å²) in [6.07, 6.45) is 6.46. The van der Waals surface area contributed by atoms with Gasteiger partial charge in [0.2, 0.25) is 5.75 Å². The Morgan fingerprint density at radius 2 is 1.57 bits per heavy atom. The van der Waals surface area contributed by atoms with Crippen molar-refractivity contribution in [3.8, 4) is 17.2 Å². The predicted molar refractivity (Wildman–Crippen MR) is 109 cm³/mol. The summed E-state index contributed by atoms with van der Waals surface area (Å²) in [5.74, 6) is 1.59. The van der Waals surface area contributed by atoms with Crippen molar-refractivity contribution in [3.05, 3.63) is 59.5 Å². The lowest BCUT2D eigenvalue weighted by Gasteiger charge is -2.19. The molecule has 3 aromatic rings. The minimum Gasteiger partial charge on any atom is -0.493 e. The molecular formula is C23H24FNO3. The van der Waals surface area contributed by atoms with E-state index in [4.69, 9.17) is 14.2 Å². The Morgan fingerprint density at radius 1 is 0.893 bits per heavy atom. The zero-order valence-electron chi connectivity index (χ0n) is 16.4. The molecule has 4 rings (SSSR count). The maximum atomic E-state index is 13.7. The van der Waals surface area contributed by atoms with E-state index in [1.807, 2.05) is 30.5 Å². The first-order valence-electron chi connectivity index (χ1n) is 9.45. The van der Waals surface area contributed by atoms with Crippen molar-refractivity contribution < 1.29 is 18.6 Å². The third-order valence-corrected chi connectivity index (χ3v) is 5.37. The van der Waals surface area contributed by atoms with Crippen molar-refractivity contribution in [1.29, 1.82) is 0 Å². The molecule has 1 saturated carbocycles. The molecule has 146 valence electrons. The van der Waals surface area contributed by atoms with Gasteiger partial charge in [-0.1, -0.05) is 0 Å². The number of hydrogen-bond acceptors (Lipinski definition) is 3. The molecule has 0 radical (unpaired) electrons. The highest BCUT2D eigenvalue weighted by molar-refractivity contribution is 5.87. The van der Waals surface area contributed by atoms with Crippen molar-refractivity contribution in [1.82, 2.24) is 4.57 Å². The standard InChI is InChI=1S/C23H24FNO3/c1-26-20-13-17(14-21(27-2)23(20)28-3)22(15-6-4-5-7-15)25-11-10-16-12-18(24)8-9-19(16)25/h8-14H,4-7H2,1-3H3. The number of hydrogen-bond donors (Lipinski definition) is 0. The Kier molecular flexibility index (Phi) is 4.99. The summed E-state index contributed by atoms with van der Waals surface area (Å²) in [4.78, 5) is 0. The van der Waals surface area contributed by atoms with Crippen LogP contribution < -0.4 is 14.2 Å².